The molecule has 0 bridgehead atoms. The molecule has 1 aliphatic rings. The zero-order valence-electron chi connectivity index (χ0n) is 20.0. The summed E-state index contributed by atoms with van der Waals surface area (Å²) in [6, 6.07) is 18.7. The maximum atomic E-state index is 13.8. The van der Waals surface area contributed by atoms with Gasteiger partial charge in [0.15, 0.2) is 5.43 Å². The zero-order chi connectivity index (χ0) is 25.4. The quantitative estimate of drug-likeness (QED) is 0.418. The Morgan fingerprint density at radius 3 is 2.64 bits per heavy atom. The number of pyridine rings is 1. The van der Waals surface area contributed by atoms with E-state index in [1.54, 1.807) is 18.3 Å². The number of nitrogens with zero attached hydrogens (tertiary/aromatic N) is 1. The van der Waals surface area contributed by atoms with Crippen LogP contribution in [0.5, 0.6) is 0 Å². The summed E-state index contributed by atoms with van der Waals surface area (Å²) in [5, 5.41) is 8.98. The molecule has 1 aliphatic heterocycles. The Kier molecular flexibility index (Phi) is 8.64. The highest BCUT2D eigenvalue weighted by Crippen LogP contribution is 2.40. The topological polar surface area (TPSA) is 87.0 Å². The van der Waals surface area contributed by atoms with Crippen molar-refractivity contribution in [3.05, 3.63) is 106 Å². The Morgan fingerprint density at radius 2 is 1.89 bits per heavy atom. The summed E-state index contributed by atoms with van der Waals surface area (Å²) in [5.74, 6) is -2.56. The van der Waals surface area contributed by atoms with Crippen LogP contribution in [0.1, 0.15) is 42.5 Å². The summed E-state index contributed by atoms with van der Waals surface area (Å²) < 4.78 is 34.6. The number of aromatic nitrogens is 1. The van der Waals surface area contributed by atoms with Crippen molar-refractivity contribution in [1.29, 1.82) is 0 Å². The second-order valence-electron chi connectivity index (χ2n) is 8.78. The molecule has 0 spiro atoms. The van der Waals surface area contributed by atoms with E-state index in [0.29, 0.717) is 43.9 Å². The molecule has 8 heteroatoms. The second-order valence-corrected chi connectivity index (χ2v) is 8.78. The minimum Gasteiger partial charge on any atom is -0.481 e. The normalized spacial score (nSPS) is 19.8. The predicted molar refractivity (Wildman–Crippen MR) is 131 cm³/mol. The van der Waals surface area contributed by atoms with E-state index in [1.807, 2.05) is 34.9 Å². The monoisotopic (exact) mass is 495 g/mol. The number of hydrogen-bond donors (Lipinski definition) is 1. The van der Waals surface area contributed by atoms with Gasteiger partial charge in [-0.25, -0.2) is 4.39 Å². The highest BCUT2D eigenvalue weighted by molar-refractivity contribution is 5.66. The molecule has 1 fully saturated rings. The second kappa shape index (κ2) is 12.1. The lowest BCUT2D eigenvalue weighted by Gasteiger charge is -2.43. The van der Waals surface area contributed by atoms with Crippen LogP contribution < -0.4 is 5.43 Å². The Labute approximate surface area is 209 Å². The molecule has 0 aliphatic carbocycles. The zero-order valence-corrected chi connectivity index (χ0v) is 20.0. The predicted octanol–water partition coefficient (Wildman–Crippen LogP) is 4.62. The molecule has 1 aromatic heterocycles. The first-order chi connectivity index (χ1) is 17.5. The number of ether oxygens (including phenoxy) is 3. The highest BCUT2D eigenvalue weighted by Gasteiger charge is 2.46. The number of halogens is 1. The number of aryl methyl sites for hydroxylation is 1. The number of benzene rings is 2. The Hall–Kier alpha value is -3.33. The van der Waals surface area contributed by atoms with E-state index in [2.05, 4.69) is 0 Å². The Morgan fingerprint density at radius 1 is 1.11 bits per heavy atom. The van der Waals surface area contributed by atoms with Crippen molar-refractivity contribution in [2.45, 2.75) is 57.3 Å². The summed E-state index contributed by atoms with van der Waals surface area (Å²) >= 11 is 0. The molecule has 2 heterocycles. The SMILES string of the molecule is O=C(O)CCCn1ccc(=O)cc1COC1(c2ccc(F)cc2)OCCCC1OCc1ccccc1. The van der Waals surface area contributed by atoms with Gasteiger partial charge in [-0.15, -0.1) is 0 Å². The van der Waals surface area contributed by atoms with E-state index < -0.39 is 17.9 Å². The van der Waals surface area contributed by atoms with Crippen LogP contribution >= 0.6 is 0 Å². The van der Waals surface area contributed by atoms with Gasteiger partial charge in [0.25, 0.3) is 0 Å². The lowest BCUT2D eigenvalue weighted by molar-refractivity contribution is -0.326. The highest BCUT2D eigenvalue weighted by atomic mass is 19.1. The molecule has 0 saturated carbocycles. The van der Waals surface area contributed by atoms with E-state index in [1.165, 1.54) is 24.3 Å². The molecular weight excluding hydrogens is 465 g/mol. The van der Waals surface area contributed by atoms with Crippen LogP contribution in [0.2, 0.25) is 0 Å². The van der Waals surface area contributed by atoms with Gasteiger partial charge in [-0.05, 0) is 37.0 Å². The molecule has 1 N–H and O–H groups in total. The van der Waals surface area contributed by atoms with E-state index in [-0.39, 0.29) is 24.3 Å². The van der Waals surface area contributed by atoms with Crippen molar-refractivity contribution in [1.82, 2.24) is 4.57 Å². The van der Waals surface area contributed by atoms with Crippen LogP contribution in [0, 0.1) is 5.82 Å². The van der Waals surface area contributed by atoms with Gasteiger partial charge in [0.05, 0.1) is 19.8 Å². The number of hydrogen-bond acceptors (Lipinski definition) is 5. The average molecular weight is 496 g/mol. The minimum atomic E-state index is -1.31. The van der Waals surface area contributed by atoms with Gasteiger partial charge in [-0.3, -0.25) is 9.59 Å². The molecular formula is C28H30FNO6. The van der Waals surface area contributed by atoms with Gasteiger partial charge < -0.3 is 23.9 Å². The van der Waals surface area contributed by atoms with Crippen LogP contribution in [0.25, 0.3) is 0 Å². The molecule has 3 aromatic rings. The van der Waals surface area contributed by atoms with Gasteiger partial charge >= 0.3 is 5.97 Å². The van der Waals surface area contributed by atoms with Gasteiger partial charge in [0.1, 0.15) is 11.9 Å². The molecule has 0 radical (unpaired) electrons. The summed E-state index contributed by atoms with van der Waals surface area (Å²) in [6.07, 6.45) is 3.03. The number of carboxylic acid groups (broad SMARTS) is 1. The fourth-order valence-corrected chi connectivity index (χ4v) is 4.39. The fourth-order valence-electron chi connectivity index (χ4n) is 4.39. The van der Waals surface area contributed by atoms with Crippen molar-refractivity contribution >= 4 is 5.97 Å². The van der Waals surface area contributed by atoms with Crippen LogP contribution in [-0.2, 0) is 44.6 Å². The molecule has 4 rings (SSSR count). The summed E-state index contributed by atoms with van der Waals surface area (Å²) in [4.78, 5) is 23.1. The number of carboxylic acids is 1. The Balaban J connectivity index is 1.61. The maximum Gasteiger partial charge on any atom is 0.303 e. The van der Waals surface area contributed by atoms with Crippen LogP contribution in [-0.4, -0.2) is 28.4 Å². The smallest absolute Gasteiger partial charge is 0.303 e. The van der Waals surface area contributed by atoms with Gasteiger partial charge in [-0.2, -0.15) is 0 Å². The summed E-state index contributed by atoms with van der Waals surface area (Å²) in [6.45, 7) is 1.23. The van der Waals surface area contributed by atoms with E-state index >= 15 is 0 Å². The Bertz CT molecular complexity index is 1200. The van der Waals surface area contributed by atoms with Crippen molar-refractivity contribution in [2.75, 3.05) is 6.61 Å². The van der Waals surface area contributed by atoms with Crippen LogP contribution in [0.3, 0.4) is 0 Å². The van der Waals surface area contributed by atoms with E-state index in [0.717, 1.165) is 12.0 Å². The third-order valence-corrected chi connectivity index (χ3v) is 6.21. The lowest BCUT2D eigenvalue weighted by Crippen LogP contribution is -2.49. The minimum absolute atomic E-state index is 0.0183. The van der Waals surface area contributed by atoms with E-state index in [9.17, 15) is 14.0 Å². The average Bonchev–Trinajstić information content (AvgIpc) is 2.88. The maximum absolute atomic E-state index is 13.8. The third kappa shape index (κ3) is 6.46. The first kappa shape index (κ1) is 25.8. The van der Waals surface area contributed by atoms with Crippen LogP contribution in [0.15, 0.2) is 77.7 Å². The molecule has 2 unspecified atom stereocenters. The van der Waals surface area contributed by atoms with Crippen molar-refractivity contribution in [3.63, 3.8) is 0 Å². The summed E-state index contributed by atoms with van der Waals surface area (Å²) in [5.41, 5.74) is 2.04. The van der Waals surface area contributed by atoms with Crippen LogP contribution in [0.4, 0.5) is 4.39 Å². The standard InChI is InChI=1S/C28H30FNO6/c29-23-12-10-22(11-13-23)28(26(8-5-17-35-28)34-19-21-6-2-1-3-7-21)36-20-24-18-25(31)14-16-30(24)15-4-9-27(32)33/h1-3,6-7,10-14,16,18,26H,4-5,8-9,15,17,19-20H2,(H,32,33). The molecule has 36 heavy (non-hydrogen) atoms. The van der Waals surface area contributed by atoms with E-state index in [4.69, 9.17) is 19.3 Å². The fraction of sp³-hybridized carbons (Fsp3) is 0.357. The van der Waals surface area contributed by atoms with Crippen molar-refractivity contribution in [3.8, 4) is 0 Å². The summed E-state index contributed by atoms with van der Waals surface area (Å²) in [7, 11) is 0. The lowest BCUT2D eigenvalue weighted by atomic mass is 9.93. The molecule has 2 aromatic carbocycles. The largest absolute Gasteiger partial charge is 0.481 e. The molecule has 1 saturated heterocycles. The number of aliphatic carboxylic acids is 1. The van der Waals surface area contributed by atoms with Crippen molar-refractivity contribution < 1.29 is 28.5 Å². The molecule has 190 valence electrons. The first-order valence-electron chi connectivity index (χ1n) is 12.1. The third-order valence-electron chi connectivity index (χ3n) is 6.21. The number of carbonyl (C=O) groups is 1. The first-order valence-corrected chi connectivity index (χ1v) is 12.1. The van der Waals surface area contributed by atoms with Gasteiger partial charge in [-0.1, -0.05) is 42.5 Å². The molecule has 7 nitrogen and oxygen atoms in total. The van der Waals surface area contributed by atoms with Gasteiger partial charge in [0, 0.05) is 42.6 Å². The molecule has 0 amide bonds. The van der Waals surface area contributed by atoms with Crippen molar-refractivity contribution in [2.24, 2.45) is 0 Å². The number of rotatable bonds is 11. The van der Waals surface area contributed by atoms with Gasteiger partial charge in [0.2, 0.25) is 5.79 Å². The molecule has 2 atom stereocenters.